The molecule has 1 aliphatic rings. The third-order valence-corrected chi connectivity index (χ3v) is 3.75. The maximum atomic E-state index is 11.6. The molecule has 0 heterocycles. The van der Waals surface area contributed by atoms with Crippen molar-refractivity contribution in [2.24, 2.45) is 5.92 Å². The molecule has 92 valence electrons. The molecule has 0 aromatic rings. The summed E-state index contributed by atoms with van der Waals surface area (Å²) in [6.07, 6.45) is 7.52. The van der Waals surface area contributed by atoms with Crippen molar-refractivity contribution in [1.82, 2.24) is 0 Å². The minimum atomic E-state index is -0.679. The highest BCUT2D eigenvalue weighted by Crippen LogP contribution is 2.33. The summed E-state index contributed by atoms with van der Waals surface area (Å²) in [4.78, 5) is 11.6. The van der Waals surface area contributed by atoms with E-state index in [0.29, 0.717) is 6.42 Å². The van der Waals surface area contributed by atoms with Gasteiger partial charge in [-0.25, -0.2) is 0 Å². The topological polar surface area (TPSA) is 37.3 Å². The van der Waals surface area contributed by atoms with Gasteiger partial charge in [0.25, 0.3) is 0 Å². The maximum absolute atomic E-state index is 11.6. The first kappa shape index (κ1) is 13.4. The van der Waals surface area contributed by atoms with E-state index >= 15 is 0 Å². The fourth-order valence-electron chi connectivity index (χ4n) is 2.31. The van der Waals surface area contributed by atoms with Gasteiger partial charge in [-0.05, 0) is 38.2 Å². The van der Waals surface area contributed by atoms with Gasteiger partial charge in [0.05, 0.1) is 5.60 Å². The first-order chi connectivity index (χ1) is 7.47. The molecule has 0 aromatic carbocycles. The standard InChI is InChI=1S/C14H24O2/c1-4-5-6-9-14(3,16)12-8-7-11(2)13(15)10-12/h7,12,16H,4-6,8-10H2,1-3H3/t12-,14-/m1/s1. The number of Topliss-reactive ketones (excluding diaryl/α,β-unsaturated/α-hetero) is 1. The summed E-state index contributed by atoms with van der Waals surface area (Å²) in [7, 11) is 0. The van der Waals surface area contributed by atoms with E-state index in [4.69, 9.17) is 0 Å². The van der Waals surface area contributed by atoms with E-state index in [-0.39, 0.29) is 11.7 Å². The predicted molar refractivity (Wildman–Crippen MR) is 66.3 cm³/mol. The molecule has 0 bridgehead atoms. The van der Waals surface area contributed by atoms with Gasteiger partial charge < -0.3 is 5.11 Å². The Morgan fingerprint density at radius 2 is 2.19 bits per heavy atom. The summed E-state index contributed by atoms with van der Waals surface area (Å²) < 4.78 is 0. The molecule has 1 aliphatic carbocycles. The molecule has 0 saturated carbocycles. The zero-order valence-corrected chi connectivity index (χ0v) is 10.8. The van der Waals surface area contributed by atoms with Crippen LogP contribution in [0.25, 0.3) is 0 Å². The largest absolute Gasteiger partial charge is 0.390 e. The van der Waals surface area contributed by atoms with Crippen molar-refractivity contribution in [3.63, 3.8) is 0 Å². The summed E-state index contributed by atoms with van der Waals surface area (Å²) in [6, 6.07) is 0. The quantitative estimate of drug-likeness (QED) is 0.728. The van der Waals surface area contributed by atoms with Crippen LogP contribution < -0.4 is 0 Å². The number of rotatable bonds is 5. The summed E-state index contributed by atoms with van der Waals surface area (Å²) >= 11 is 0. The number of allylic oxidation sites excluding steroid dienone is 2. The van der Waals surface area contributed by atoms with E-state index in [0.717, 1.165) is 31.3 Å². The lowest BCUT2D eigenvalue weighted by Crippen LogP contribution is -2.37. The molecule has 0 aliphatic heterocycles. The van der Waals surface area contributed by atoms with Crippen LogP contribution in [0.1, 0.15) is 59.3 Å². The van der Waals surface area contributed by atoms with E-state index in [9.17, 15) is 9.90 Å². The van der Waals surface area contributed by atoms with E-state index in [1.54, 1.807) is 0 Å². The van der Waals surface area contributed by atoms with Gasteiger partial charge in [0.15, 0.2) is 5.78 Å². The zero-order chi connectivity index (χ0) is 12.2. The molecule has 0 aromatic heterocycles. The number of carbonyl (C=O) groups is 1. The number of carbonyl (C=O) groups excluding carboxylic acids is 1. The van der Waals surface area contributed by atoms with Crippen molar-refractivity contribution in [2.75, 3.05) is 0 Å². The van der Waals surface area contributed by atoms with Gasteiger partial charge >= 0.3 is 0 Å². The van der Waals surface area contributed by atoms with Crippen LogP contribution in [0.5, 0.6) is 0 Å². The molecule has 2 nitrogen and oxygen atoms in total. The fourth-order valence-corrected chi connectivity index (χ4v) is 2.31. The average molecular weight is 224 g/mol. The molecular weight excluding hydrogens is 200 g/mol. The van der Waals surface area contributed by atoms with Crippen molar-refractivity contribution in [2.45, 2.75) is 64.9 Å². The van der Waals surface area contributed by atoms with Crippen LogP contribution in [-0.2, 0) is 4.79 Å². The van der Waals surface area contributed by atoms with Crippen LogP contribution in [0.2, 0.25) is 0 Å². The molecule has 2 atom stereocenters. The number of aliphatic hydroxyl groups is 1. The summed E-state index contributed by atoms with van der Waals surface area (Å²) in [6.45, 7) is 5.91. The molecule has 0 saturated heterocycles. The molecule has 1 N–H and O–H groups in total. The second-order valence-electron chi connectivity index (χ2n) is 5.26. The SMILES string of the molecule is CCCCC[C@@](C)(O)[C@@H]1CC=C(C)C(=O)C1. The molecular formula is C14H24O2. The Balaban J connectivity index is 2.53. The van der Waals surface area contributed by atoms with E-state index in [2.05, 4.69) is 6.92 Å². The Morgan fingerprint density at radius 3 is 2.75 bits per heavy atom. The van der Waals surface area contributed by atoms with Crippen LogP contribution in [0.3, 0.4) is 0 Å². The van der Waals surface area contributed by atoms with Gasteiger partial charge in [0.1, 0.15) is 0 Å². The molecule has 0 radical (unpaired) electrons. The lowest BCUT2D eigenvalue weighted by atomic mass is 9.76. The highest BCUT2D eigenvalue weighted by molar-refractivity contribution is 5.95. The second-order valence-corrected chi connectivity index (χ2v) is 5.26. The second kappa shape index (κ2) is 5.62. The molecule has 16 heavy (non-hydrogen) atoms. The highest BCUT2D eigenvalue weighted by Gasteiger charge is 2.34. The van der Waals surface area contributed by atoms with Crippen molar-refractivity contribution < 1.29 is 9.90 Å². The number of unbranched alkanes of at least 4 members (excludes halogenated alkanes) is 2. The molecule has 0 fully saturated rings. The first-order valence-electron chi connectivity index (χ1n) is 6.39. The Labute approximate surface area is 98.7 Å². The minimum absolute atomic E-state index is 0.112. The lowest BCUT2D eigenvalue weighted by Gasteiger charge is -2.34. The van der Waals surface area contributed by atoms with Crippen LogP contribution in [0.15, 0.2) is 11.6 Å². The minimum Gasteiger partial charge on any atom is -0.390 e. The van der Waals surface area contributed by atoms with Crippen molar-refractivity contribution in [3.8, 4) is 0 Å². The Kier molecular flexibility index (Phi) is 4.72. The van der Waals surface area contributed by atoms with E-state index in [1.165, 1.54) is 6.42 Å². The number of hydrogen-bond acceptors (Lipinski definition) is 2. The highest BCUT2D eigenvalue weighted by atomic mass is 16.3. The third kappa shape index (κ3) is 3.44. The van der Waals surface area contributed by atoms with Gasteiger partial charge in [-0.2, -0.15) is 0 Å². The maximum Gasteiger partial charge on any atom is 0.158 e. The van der Waals surface area contributed by atoms with Crippen molar-refractivity contribution in [3.05, 3.63) is 11.6 Å². The molecule has 0 amide bonds. The Hall–Kier alpha value is -0.630. The van der Waals surface area contributed by atoms with Crippen LogP contribution in [0, 0.1) is 5.92 Å². The Morgan fingerprint density at radius 1 is 1.50 bits per heavy atom. The van der Waals surface area contributed by atoms with E-state index < -0.39 is 5.60 Å². The summed E-state index contributed by atoms with van der Waals surface area (Å²) in [5.41, 5.74) is 0.183. The van der Waals surface area contributed by atoms with Gasteiger partial charge in [0, 0.05) is 6.42 Å². The normalized spacial score (nSPS) is 25.1. The van der Waals surface area contributed by atoms with Gasteiger partial charge in [-0.1, -0.05) is 32.3 Å². The van der Waals surface area contributed by atoms with Crippen LogP contribution >= 0.6 is 0 Å². The van der Waals surface area contributed by atoms with Crippen molar-refractivity contribution >= 4 is 5.78 Å². The smallest absolute Gasteiger partial charge is 0.158 e. The molecule has 2 heteroatoms. The molecule has 1 rings (SSSR count). The van der Waals surface area contributed by atoms with Gasteiger partial charge in [0.2, 0.25) is 0 Å². The zero-order valence-electron chi connectivity index (χ0n) is 10.8. The monoisotopic (exact) mass is 224 g/mol. The van der Waals surface area contributed by atoms with E-state index in [1.807, 2.05) is 19.9 Å². The number of ketones is 1. The van der Waals surface area contributed by atoms with Gasteiger partial charge in [-0.15, -0.1) is 0 Å². The summed E-state index contributed by atoms with van der Waals surface area (Å²) in [5, 5.41) is 10.4. The molecule has 0 spiro atoms. The first-order valence-corrected chi connectivity index (χ1v) is 6.39. The van der Waals surface area contributed by atoms with Crippen LogP contribution in [-0.4, -0.2) is 16.5 Å². The van der Waals surface area contributed by atoms with Crippen molar-refractivity contribution in [1.29, 1.82) is 0 Å². The summed E-state index contributed by atoms with van der Waals surface area (Å²) in [5.74, 6) is 0.313. The van der Waals surface area contributed by atoms with Gasteiger partial charge in [-0.3, -0.25) is 4.79 Å². The van der Waals surface area contributed by atoms with Crippen LogP contribution in [0.4, 0.5) is 0 Å². The Bertz CT molecular complexity index is 276. The predicted octanol–water partition coefficient (Wildman–Crippen LogP) is 3.24. The lowest BCUT2D eigenvalue weighted by molar-refractivity contribution is -0.120. The third-order valence-electron chi connectivity index (χ3n) is 3.75. The average Bonchev–Trinajstić information content (AvgIpc) is 2.22. The number of hydrogen-bond donors (Lipinski definition) is 1. The molecule has 0 unspecified atom stereocenters. The fraction of sp³-hybridized carbons (Fsp3) is 0.786.